The number of rotatable bonds is 23. The van der Waals surface area contributed by atoms with Gasteiger partial charge in [-0.2, -0.15) is 0 Å². The molecular formula is C30H56O5S2. The van der Waals surface area contributed by atoms with E-state index in [4.69, 9.17) is 38.6 Å². The summed E-state index contributed by atoms with van der Waals surface area (Å²) in [4.78, 5) is 0. The molecule has 0 unspecified atom stereocenters. The molecule has 1 fully saturated rings. The molecule has 37 heavy (non-hydrogen) atoms. The SMILES string of the molecule is CCCCCCCCCCCC(=S)O[C@@H]1[C@@H](O)[C@H](CO)OC[C@H]1OC(=S)CCCCCCCCCCC. The predicted molar refractivity (Wildman–Crippen MR) is 161 cm³/mol. The molecule has 1 aliphatic heterocycles. The standard InChI is InChI=1S/C30H56O5S2/c1-3-5-7-9-11-13-15-17-19-21-27(36)34-26-24-33-25(23-31)29(32)30(26)35-28(37)22-20-18-16-14-12-10-8-6-4-2/h25-26,29-32H,3-24H2,1-2H3/t25-,26+,29-,30-/m0/s1. The molecule has 7 heteroatoms. The first-order chi connectivity index (χ1) is 18.0. The number of unbranched alkanes of at least 4 members (excludes halogenated alkanes) is 16. The van der Waals surface area contributed by atoms with E-state index in [9.17, 15) is 10.2 Å². The van der Waals surface area contributed by atoms with Crippen LogP contribution in [0.15, 0.2) is 0 Å². The Bertz CT molecular complexity index is 574. The number of aliphatic hydroxyl groups excluding tert-OH is 2. The van der Waals surface area contributed by atoms with Crippen molar-refractivity contribution >= 4 is 34.5 Å². The van der Waals surface area contributed by atoms with E-state index >= 15 is 0 Å². The molecule has 0 aromatic carbocycles. The Balaban J connectivity index is 2.31. The van der Waals surface area contributed by atoms with Gasteiger partial charge in [0.1, 0.15) is 12.2 Å². The van der Waals surface area contributed by atoms with E-state index in [1.54, 1.807) is 0 Å². The summed E-state index contributed by atoms with van der Waals surface area (Å²) in [7, 11) is 0. The Morgan fingerprint density at radius 1 is 0.676 bits per heavy atom. The molecule has 218 valence electrons. The highest BCUT2D eigenvalue weighted by Gasteiger charge is 2.43. The van der Waals surface area contributed by atoms with Crippen LogP contribution in [0.1, 0.15) is 142 Å². The summed E-state index contributed by atoms with van der Waals surface area (Å²) in [6, 6.07) is 0. The van der Waals surface area contributed by atoms with E-state index in [2.05, 4.69) is 13.8 Å². The largest absolute Gasteiger partial charge is 0.477 e. The minimum absolute atomic E-state index is 0.214. The van der Waals surface area contributed by atoms with Crippen LogP contribution >= 0.6 is 24.4 Å². The van der Waals surface area contributed by atoms with Crippen molar-refractivity contribution in [3.8, 4) is 0 Å². The maximum Gasteiger partial charge on any atom is 0.167 e. The molecule has 0 aliphatic carbocycles. The van der Waals surface area contributed by atoms with E-state index in [-0.39, 0.29) is 13.2 Å². The molecule has 0 saturated carbocycles. The van der Waals surface area contributed by atoms with Gasteiger partial charge in [-0.15, -0.1) is 0 Å². The number of thiocarbonyl (C=S) groups is 2. The third-order valence-electron chi connectivity index (χ3n) is 7.26. The normalized spacial score (nSPS) is 21.6. The summed E-state index contributed by atoms with van der Waals surface area (Å²) < 4.78 is 17.7. The fourth-order valence-electron chi connectivity index (χ4n) is 4.85. The van der Waals surface area contributed by atoms with Crippen LogP contribution in [0.5, 0.6) is 0 Å². The Labute approximate surface area is 238 Å². The Hall–Kier alpha value is -0.340. The summed E-state index contributed by atoms with van der Waals surface area (Å²) in [5, 5.41) is 21.4. The molecule has 2 N–H and O–H groups in total. The highest BCUT2D eigenvalue weighted by molar-refractivity contribution is 7.80. The quantitative estimate of drug-likeness (QED) is 0.0969. The Kier molecular flexibility index (Phi) is 22.1. The van der Waals surface area contributed by atoms with Gasteiger partial charge in [-0.05, 0) is 37.3 Å². The van der Waals surface area contributed by atoms with E-state index in [1.165, 1.54) is 89.9 Å². The van der Waals surface area contributed by atoms with Crippen molar-refractivity contribution in [3.63, 3.8) is 0 Å². The number of ether oxygens (including phenoxy) is 3. The van der Waals surface area contributed by atoms with Gasteiger partial charge >= 0.3 is 0 Å². The van der Waals surface area contributed by atoms with E-state index < -0.39 is 24.4 Å². The molecule has 1 saturated heterocycles. The van der Waals surface area contributed by atoms with E-state index in [0.717, 1.165) is 32.1 Å². The van der Waals surface area contributed by atoms with E-state index in [0.29, 0.717) is 16.5 Å². The molecular weight excluding hydrogens is 504 g/mol. The zero-order valence-electron chi connectivity index (χ0n) is 23.8. The maximum absolute atomic E-state index is 10.7. The Morgan fingerprint density at radius 2 is 1.08 bits per heavy atom. The first-order valence-electron chi connectivity index (χ1n) is 15.3. The van der Waals surface area contributed by atoms with Crippen LogP contribution in [0.3, 0.4) is 0 Å². The highest BCUT2D eigenvalue weighted by Crippen LogP contribution is 2.23. The average Bonchev–Trinajstić information content (AvgIpc) is 2.89. The highest BCUT2D eigenvalue weighted by atomic mass is 32.1. The van der Waals surface area contributed by atoms with Crippen LogP contribution in [0.4, 0.5) is 0 Å². The number of aliphatic hydroxyl groups is 2. The topological polar surface area (TPSA) is 68.2 Å². The van der Waals surface area contributed by atoms with Crippen LogP contribution in [0.25, 0.3) is 0 Å². The average molecular weight is 561 g/mol. The second-order valence-electron chi connectivity index (χ2n) is 10.7. The van der Waals surface area contributed by atoms with Gasteiger partial charge < -0.3 is 24.4 Å². The molecule has 0 aromatic rings. The lowest BCUT2D eigenvalue weighted by atomic mass is 10.00. The van der Waals surface area contributed by atoms with Gasteiger partial charge in [-0.25, -0.2) is 0 Å². The summed E-state index contributed by atoms with van der Waals surface area (Å²) in [6.07, 6.45) is 21.1. The fraction of sp³-hybridized carbons (Fsp3) is 0.933. The van der Waals surface area contributed by atoms with Crippen molar-refractivity contribution in [2.45, 2.75) is 167 Å². The van der Waals surface area contributed by atoms with Crippen LogP contribution in [-0.4, -0.2) is 57.9 Å². The van der Waals surface area contributed by atoms with E-state index in [1.807, 2.05) is 0 Å². The van der Waals surface area contributed by atoms with Crippen LogP contribution in [0, 0.1) is 0 Å². The lowest BCUT2D eigenvalue weighted by Gasteiger charge is -2.39. The number of hydrogen-bond acceptors (Lipinski definition) is 7. The first-order valence-corrected chi connectivity index (χ1v) is 16.1. The molecule has 0 amide bonds. The number of hydrogen-bond donors (Lipinski definition) is 2. The summed E-state index contributed by atoms with van der Waals surface area (Å²) >= 11 is 11.0. The molecule has 5 nitrogen and oxygen atoms in total. The van der Waals surface area contributed by atoms with Crippen LogP contribution in [0.2, 0.25) is 0 Å². The van der Waals surface area contributed by atoms with Gasteiger partial charge in [-0.3, -0.25) is 0 Å². The van der Waals surface area contributed by atoms with Crippen LogP contribution < -0.4 is 0 Å². The van der Waals surface area contributed by atoms with Crippen molar-refractivity contribution in [3.05, 3.63) is 0 Å². The van der Waals surface area contributed by atoms with Crippen molar-refractivity contribution in [2.24, 2.45) is 0 Å². The molecule has 1 heterocycles. The van der Waals surface area contributed by atoms with Gasteiger partial charge in [0.05, 0.1) is 13.2 Å². The first kappa shape index (κ1) is 34.7. The minimum Gasteiger partial charge on any atom is -0.477 e. The summed E-state index contributed by atoms with van der Waals surface area (Å²) in [6.45, 7) is 4.43. The second kappa shape index (κ2) is 23.5. The van der Waals surface area contributed by atoms with Crippen molar-refractivity contribution in [2.75, 3.05) is 13.2 Å². The third kappa shape index (κ3) is 17.1. The third-order valence-corrected chi connectivity index (χ3v) is 7.86. The van der Waals surface area contributed by atoms with Gasteiger partial charge in [0.2, 0.25) is 0 Å². The molecule has 0 aromatic heterocycles. The molecule has 0 radical (unpaired) electrons. The maximum atomic E-state index is 10.7. The minimum atomic E-state index is -1.01. The van der Waals surface area contributed by atoms with Gasteiger partial charge in [0, 0.05) is 12.8 Å². The van der Waals surface area contributed by atoms with Crippen LogP contribution in [-0.2, 0) is 14.2 Å². The lowest BCUT2D eigenvalue weighted by molar-refractivity contribution is -0.186. The second-order valence-corrected chi connectivity index (χ2v) is 11.6. The molecule has 0 spiro atoms. The zero-order chi connectivity index (χ0) is 27.1. The molecule has 1 aliphatic rings. The smallest absolute Gasteiger partial charge is 0.167 e. The predicted octanol–water partition coefficient (Wildman–Crippen LogP) is 8.01. The van der Waals surface area contributed by atoms with Gasteiger partial charge in [0.25, 0.3) is 0 Å². The van der Waals surface area contributed by atoms with Gasteiger partial charge in [0.15, 0.2) is 22.3 Å². The van der Waals surface area contributed by atoms with Crippen molar-refractivity contribution < 1.29 is 24.4 Å². The molecule has 0 bridgehead atoms. The van der Waals surface area contributed by atoms with Crippen molar-refractivity contribution in [1.29, 1.82) is 0 Å². The molecule has 1 rings (SSSR count). The zero-order valence-corrected chi connectivity index (χ0v) is 25.4. The Morgan fingerprint density at radius 3 is 1.51 bits per heavy atom. The summed E-state index contributed by atoms with van der Waals surface area (Å²) in [5.74, 6) is 0. The lowest BCUT2D eigenvalue weighted by Crippen LogP contribution is -2.56. The van der Waals surface area contributed by atoms with Crippen molar-refractivity contribution in [1.82, 2.24) is 0 Å². The summed E-state index contributed by atoms with van der Waals surface area (Å²) in [5.41, 5.74) is 0. The molecule has 4 atom stereocenters. The fourth-order valence-corrected chi connectivity index (χ4v) is 5.37. The monoisotopic (exact) mass is 560 g/mol. The van der Waals surface area contributed by atoms with Gasteiger partial charge in [-0.1, -0.05) is 117 Å².